The van der Waals surface area contributed by atoms with Crippen molar-refractivity contribution in [2.75, 3.05) is 18.5 Å². The van der Waals surface area contributed by atoms with Crippen LogP contribution in [0.15, 0.2) is 12.3 Å². The van der Waals surface area contributed by atoms with Gasteiger partial charge in [0, 0.05) is 32.0 Å². The number of carbonyl (C=O) groups is 1. The van der Waals surface area contributed by atoms with Gasteiger partial charge in [0.2, 0.25) is 0 Å². The summed E-state index contributed by atoms with van der Waals surface area (Å²) in [4.78, 5) is 12.0. The third-order valence-corrected chi connectivity index (χ3v) is 5.28. The number of hydrogen-bond acceptors (Lipinski definition) is 4. The molecule has 1 aromatic heterocycles. The first-order chi connectivity index (χ1) is 10.9. The molecule has 1 saturated heterocycles. The Hall–Kier alpha value is -1.56. The Morgan fingerprint density at radius 1 is 1.39 bits per heavy atom. The van der Waals surface area contributed by atoms with Gasteiger partial charge in [0.05, 0.1) is 0 Å². The van der Waals surface area contributed by atoms with Crippen molar-refractivity contribution in [3.8, 4) is 0 Å². The van der Waals surface area contributed by atoms with Crippen LogP contribution in [-0.2, 0) is 16.1 Å². The summed E-state index contributed by atoms with van der Waals surface area (Å²) in [6, 6.07) is 1.88. The van der Waals surface area contributed by atoms with E-state index >= 15 is 0 Å². The van der Waals surface area contributed by atoms with Crippen LogP contribution in [0.3, 0.4) is 0 Å². The second kappa shape index (κ2) is 6.15. The Morgan fingerprint density at radius 3 is 2.78 bits per heavy atom. The molecule has 2 aliphatic rings. The number of carboxylic acids is 1. The zero-order chi connectivity index (χ0) is 16.5. The number of anilines is 1. The summed E-state index contributed by atoms with van der Waals surface area (Å²) in [6.45, 7) is 6.61. The van der Waals surface area contributed by atoms with Crippen molar-refractivity contribution < 1.29 is 14.6 Å². The van der Waals surface area contributed by atoms with Gasteiger partial charge in [-0.3, -0.25) is 4.68 Å². The van der Waals surface area contributed by atoms with Gasteiger partial charge in [-0.05, 0) is 43.4 Å². The average molecular weight is 321 g/mol. The molecular formula is C17H27N3O3. The summed E-state index contributed by atoms with van der Waals surface area (Å²) < 4.78 is 7.34. The van der Waals surface area contributed by atoms with Gasteiger partial charge in [-0.1, -0.05) is 13.8 Å². The maximum absolute atomic E-state index is 12.0. The second-order valence-corrected chi connectivity index (χ2v) is 7.62. The lowest BCUT2D eigenvalue weighted by atomic mass is 9.77. The molecule has 2 heterocycles. The van der Waals surface area contributed by atoms with Crippen molar-refractivity contribution in [2.24, 2.45) is 11.3 Å². The number of ether oxygens (including phenoxy) is 1. The van der Waals surface area contributed by atoms with Crippen LogP contribution in [-0.4, -0.2) is 39.6 Å². The number of nitrogens with one attached hydrogen (secondary N) is 1. The molecule has 0 amide bonds. The summed E-state index contributed by atoms with van der Waals surface area (Å²) in [5.41, 5.74) is -0.779. The summed E-state index contributed by atoms with van der Waals surface area (Å²) >= 11 is 0. The first kappa shape index (κ1) is 16.3. The highest BCUT2D eigenvalue weighted by atomic mass is 16.5. The Morgan fingerprint density at radius 2 is 2.13 bits per heavy atom. The number of nitrogens with zero attached hydrogens (tertiary/aromatic N) is 2. The van der Waals surface area contributed by atoms with Crippen LogP contribution in [0.25, 0.3) is 0 Å². The van der Waals surface area contributed by atoms with Gasteiger partial charge in [0.15, 0.2) is 0 Å². The molecule has 0 radical (unpaired) electrons. The Bertz CT molecular complexity index is 563. The molecule has 6 nitrogen and oxygen atoms in total. The fourth-order valence-electron chi connectivity index (χ4n) is 4.02. The molecule has 1 saturated carbocycles. The van der Waals surface area contributed by atoms with Crippen LogP contribution in [0.1, 0.15) is 46.0 Å². The molecular weight excluding hydrogens is 294 g/mol. The lowest BCUT2D eigenvalue weighted by molar-refractivity contribution is -0.142. The van der Waals surface area contributed by atoms with Crippen molar-refractivity contribution >= 4 is 11.8 Å². The molecule has 0 aromatic carbocycles. The topological polar surface area (TPSA) is 76.4 Å². The van der Waals surface area contributed by atoms with E-state index in [0.717, 1.165) is 39.0 Å². The van der Waals surface area contributed by atoms with Gasteiger partial charge in [-0.25, -0.2) is 4.79 Å². The normalized spacial score (nSPS) is 26.7. The molecule has 1 atom stereocenters. The lowest BCUT2D eigenvalue weighted by Crippen LogP contribution is -2.45. The Balaban J connectivity index is 1.74. The second-order valence-electron chi connectivity index (χ2n) is 7.62. The molecule has 1 spiro atoms. The summed E-state index contributed by atoms with van der Waals surface area (Å²) in [5.74, 6) is 0.407. The van der Waals surface area contributed by atoms with Crippen LogP contribution in [0.5, 0.6) is 0 Å². The highest BCUT2D eigenvalue weighted by Gasteiger charge is 2.53. The van der Waals surface area contributed by atoms with Gasteiger partial charge in [-0.2, -0.15) is 5.10 Å². The van der Waals surface area contributed by atoms with Crippen molar-refractivity contribution in [1.29, 1.82) is 0 Å². The van der Waals surface area contributed by atoms with Crippen LogP contribution >= 0.6 is 0 Å². The van der Waals surface area contributed by atoms with E-state index in [1.165, 1.54) is 0 Å². The van der Waals surface area contributed by atoms with E-state index in [1.807, 2.05) is 16.9 Å². The lowest BCUT2D eigenvalue weighted by Gasteiger charge is -2.35. The van der Waals surface area contributed by atoms with Crippen molar-refractivity contribution in [1.82, 2.24) is 9.78 Å². The molecule has 0 bridgehead atoms. The summed E-state index contributed by atoms with van der Waals surface area (Å²) in [6.07, 6.45) is 6.10. The zero-order valence-corrected chi connectivity index (χ0v) is 14.0. The van der Waals surface area contributed by atoms with Crippen molar-refractivity contribution in [2.45, 2.75) is 58.0 Å². The smallest absolute Gasteiger partial charge is 0.329 e. The summed E-state index contributed by atoms with van der Waals surface area (Å²) in [5, 5.41) is 17.6. The number of aliphatic carboxylic acids is 1. The number of rotatable bonds is 5. The molecule has 128 valence electrons. The molecule has 2 fully saturated rings. The maximum Gasteiger partial charge on any atom is 0.329 e. The predicted molar refractivity (Wildman–Crippen MR) is 87.4 cm³/mol. The van der Waals surface area contributed by atoms with Crippen LogP contribution < -0.4 is 5.32 Å². The fourth-order valence-corrected chi connectivity index (χ4v) is 4.02. The monoisotopic (exact) mass is 321 g/mol. The Labute approximate surface area is 137 Å². The third-order valence-electron chi connectivity index (χ3n) is 5.28. The van der Waals surface area contributed by atoms with Crippen molar-refractivity contribution in [3.05, 3.63) is 12.3 Å². The molecule has 6 heteroatoms. The molecule has 3 rings (SSSR count). The molecule has 1 aliphatic heterocycles. The molecule has 2 N–H and O–H groups in total. The minimum atomic E-state index is -0.894. The Kier molecular flexibility index (Phi) is 4.36. The number of aromatic nitrogens is 2. The van der Waals surface area contributed by atoms with E-state index in [0.29, 0.717) is 24.6 Å². The van der Waals surface area contributed by atoms with Crippen molar-refractivity contribution in [3.63, 3.8) is 0 Å². The van der Waals surface area contributed by atoms with E-state index < -0.39 is 11.5 Å². The van der Waals surface area contributed by atoms with Gasteiger partial charge in [0.1, 0.15) is 11.4 Å². The highest BCUT2D eigenvalue weighted by molar-refractivity contribution is 5.83. The molecule has 1 aliphatic carbocycles. The minimum Gasteiger partial charge on any atom is -0.480 e. The number of hydrogen-bond donors (Lipinski definition) is 2. The quantitative estimate of drug-likeness (QED) is 0.872. The molecule has 1 unspecified atom stereocenters. The zero-order valence-electron chi connectivity index (χ0n) is 14.0. The first-order valence-corrected chi connectivity index (χ1v) is 8.56. The van der Waals surface area contributed by atoms with E-state index in [-0.39, 0.29) is 5.41 Å². The van der Waals surface area contributed by atoms with E-state index in [4.69, 9.17) is 4.74 Å². The van der Waals surface area contributed by atoms with Gasteiger partial charge < -0.3 is 15.2 Å². The maximum atomic E-state index is 12.0. The fraction of sp³-hybridized carbons (Fsp3) is 0.765. The van der Waals surface area contributed by atoms with Crippen LogP contribution in [0.2, 0.25) is 0 Å². The van der Waals surface area contributed by atoms with Gasteiger partial charge >= 0.3 is 5.97 Å². The predicted octanol–water partition coefficient (Wildman–Crippen LogP) is 2.76. The number of carboxylic acid groups (broad SMARTS) is 1. The van der Waals surface area contributed by atoms with Crippen LogP contribution in [0, 0.1) is 11.3 Å². The third kappa shape index (κ3) is 3.37. The SMILES string of the molecule is CC(C)Cn1ccc(NC2(C(=O)O)CCC3(CCOCC3)C2)n1. The van der Waals surface area contributed by atoms with Crippen LogP contribution in [0.4, 0.5) is 5.82 Å². The first-order valence-electron chi connectivity index (χ1n) is 8.56. The van der Waals surface area contributed by atoms with Gasteiger partial charge in [0.25, 0.3) is 0 Å². The minimum absolute atomic E-state index is 0.115. The van der Waals surface area contributed by atoms with E-state index in [9.17, 15) is 9.90 Å². The largest absolute Gasteiger partial charge is 0.480 e. The highest BCUT2D eigenvalue weighted by Crippen LogP contribution is 2.51. The average Bonchev–Trinajstić information content (AvgIpc) is 3.06. The summed E-state index contributed by atoms with van der Waals surface area (Å²) in [7, 11) is 0. The van der Waals surface area contributed by atoms with Gasteiger partial charge in [-0.15, -0.1) is 0 Å². The van der Waals surface area contributed by atoms with E-state index in [2.05, 4.69) is 24.3 Å². The molecule has 1 aromatic rings. The molecule has 23 heavy (non-hydrogen) atoms. The van der Waals surface area contributed by atoms with E-state index in [1.54, 1.807) is 0 Å². The standard InChI is InChI=1S/C17H27N3O3/c1-13(2)11-20-8-3-14(19-20)18-17(15(21)22)5-4-16(12-17)6-9-23-10-7-16/h3,8,13H,4-7,9-12H2,1-2H3,(H,18,19)(H,21,22).